The number of aryl methyl sites for hydroxylation is 1. The van der Waals surface area contributed by atoms with Gasteiger partial charge in [-0.05, 0) is 19.1 Å². The molecule has 3 heterocycles. The number of nitrogens with one attached hydrogen (secondary N) is 1. The lowest BCUT2D eigenvalue weighted by atomic mass is 10.1. The first-order chi connectivity index (χ1) is 12.7. The Kier molecular flexibility index (Phi) is 4.32. The number of nitrogens with zero attached hydrogens (tertiary/aromatic N) is 3. The highest BCUT2D eigenvalue weighted by atomic mass is 32.1. The molecule has 0 fully saturated rings. The van der Waals surface area contributed by atoms with E-state index in [1.54, 1.807) is 23.5 Å². The summed E-state index contributed by atoms with van der Waals surface area (Å²) >= 11 is 1.62. The van der Waals surface area contributed by atoms with E-state index in [-0.39, 0.29) is 18.2 Å². The third kappa shape index (κ3) is 3.40. The van der Waals surface area contributed by atoms with Crippen LogP contribution in [0.4, 0.5) is 0 Å². The molecule has 0 saturated heterocycles. The summed E-state index contributed by atoms with van der Waals surface area (Å²) in [4.78, 5) is 20.6. The molecule has 0 aliphatic rings. The molecule has 1 N–H and O–H groups in total. The largest absolute Gasteiger partial charge is 0.459 e. The fourth-order valence-electron chi connectivity index (χ4n) is 2.38. The second kappa shape index (κ2) is 6.93. The maximum absolute atomic E-state index is 11.8. The van der Waals surface area contributed by atoms with Crippen LogP contribution in [0.15, 0.2) is 57.0 Å². The molecule has 0 saturated carbocycles. The quantitative estimate of drug-likeness (QED) is 0.579. The molecule has 3 aromatic heterocycles. The topological polar surface area (TPSA) is 94.1 Å². The molecule has 26 heavy (non-hydrogen) atoms. The fraction of sp³-hybridized carbons (Fsp3) is 0.111. The van der Waals surface area contributed by atoms with Crippen LogP contribution >= 0.6 is 11.3 Å². The smallest absolute Gasteiger partial charge is 0.287 e. The Balaban J connectivity index is 1.43. The van der Waals surface area contributed by atoms with Crippen LogP contribution in [0.3, 0.4) is 0 Å². The van der Waals surface area contributed by atoms with Gasteiger partial charge in [0.25, 0.3) is 5.91 Å². The van der Waals surface area contributed by atoms with Crippen molar-refractivity contribution < 1.29 is 13.7 Å². The molecule has 4 aromatic rings. The standard InChI is InChI=1S/C18H14N4O3S/c1-11-20-14(10-26-11)12-4-6-13(7-5-12)17-21-16(25-22-17)9-19-18(23)15-3-2-8-24-15/h2-8,10H,9H2,1H3,(H,19,23). The van der Waals surface area contributed by atoms with E-state index in [9.17, 15) is 4.79 Å². The Morgan fingerprint density at radius 1 is 1.15 bits per heavy atom. The number of thiazole rings is 1. The van der Waals surface area contributed by atoms with Gasteiger partial charge in [-0.15, -0.1) is 11.3 Å². The molecule has 0 spiro atoms. The van der Waals surface area contributed by atoms with Gasteiger partial charge in [-0.3, -0.25) is 4.79 Å². The Labute approximate surface area is 152 Å². The molecule has 0 bridgehead atoms. The molecule has 0 aliphatic heterocycles. The van der Waals surface area contributed by atoms with Crippen molar-refractivity contribution in [2.75, 3.05) is 0 Å². The van der Waals surface area contributed by atoms with Crippen molar-refractivity contribution in [3.63, 3.8) is 0 Å². The number of carbonyl (C=O) groups is 1. The zero-order chi connectivity index (χ0) is 17.9. The van der Waals surface area contributed by atoms with Crippen molar-refractivity contribution in [3.05, 3.63) is 64.7 Å². The average Bonchev–Trinajstić information content (AvgIpc) is 3.41. The first-order valence-corrected chi connectivity index (χ1v) is 8.74. The second-order valence-corrected chi connectivity index (χ2v) is 6.56. The summed E-state index contributed by atoms with van der Waals surface area (Å²) in [6.45, 7) is 2.11. The molecule has 130 valence electrons. The van der Waals surface area contributed by atoms with Gasteiger partial charge in [0.05, 0.1) is 23.5 Å². The Hall–Kier alpha value is -3.26. The third-order valence-electron chi connectivity index (χ3n) is 3.67. The van der Waals surface area contributed by atoms with Gasteiger partial charge in [0.2, 0.25) is 11.7 Å². The van der Waals surface area contributed by atoms with Crippen molar-refractivity contribution in [1.82, 2.24) is 20.4 Å². The summed E-state index contributed by atoms with van der Waals surface area (Å²) in [5, 5.41) is 9.68. The summed E-state index contributed by atoms with van der Waals surface area (Å²) in [5.41, 5.74) is 2.81. The molecule has 1 aromatic carbocycles. The normalized spacial score (nSPS) is 10.8. The van der Waals surface area contributed by atoms with Gasteiger partial charge in [-0.2, -0.15) is 4.98 Å². The number of furan rings is 1. The van der Waals surface area contributed by atoms with Gasteiger partial charge < -0.3 is 14.3 Å². The number of hydrogen-bond donors (Lipinski definition) is 1. The van der Waals surface area contributed by atoms with Crippen LogP contribution in [-0.4, -0.2) is 21.0 Å². The van der Waals surface area contributed by atoms with E-state index in [4.69, 9.17) is 8.94 Å². The predicted octanol–water partition coefficient (Wildman–Crippen LogP) is 3.69. The SMILES string of the molecule is Cc1nc(-c2ccc(-c3noc(CNC(=O)c4ccco4)n3)cc2)cs1. The number of carbonyl (C=O) groups excluding carboxylic acids is 1. The van der Waals surface area contributed by atoms with Crippen molar-refractivity contribution in [1.29, 1.82) is 0 Å². The molecular weight excluding hydrogens is 352 g/mol. The molecule has 0 aliphatic carbocycles. The summed E-state index contributed by atoms with van der Waals surface area (Å²) in [7, 11) is 0. The van der Waals surface area contributed by atoms with E-state index < -0.39 is 0 Å². The summed E-state index contributed by atoms with van der Waals surface area (Å²) < 4.78 is 10.2. The molecule has 1 amide bonds. The number of rotatable bonds is 5. The minimum absolute atomic E-state index is 0.128. The van der Waals surface area contributed by atoms with Gasteiger partial charge in [-0.1, -0.05) is 29.4 Å². The van der Waals surface area contributed by atoms with Crippen LogP contribution < -0.4 is 5.32 Å². The maximum atomic E-state index is 11.8. The third-order valence-corrected chi connectivity index (χ3v) is 4.44. The molecule has 7 nitrogen and oxygen atoms in total. The highest BCUT2D eigenvalue weighted by molar-refractivity contribution is 7.09. The molecule has 8 heteroatoms. The first-order valence-electron chi connectivity index (χ1n) is 7.86. The van der Waals surface area contributed by atoms with E-state index in [0.29, 0.717) is 11.7 Å². The number of benzene rings is 1. The van der Waals surface area contributed by atoms with Crippen molar-refractivity contribution >= 4 is 17.2 Å². The monoisotopic (exact) mass is 366 g/mol. The predicted molar refractivity (Wildman–Crippen MR) is 95.5 cm³/mol. The lowest BCUT2D eigenvalue weighted by Crippen LogP contribution is -2.22. The van der Waals surface area contributed by atoms with Crippen molar-refractivity contribution in [2.45, 2.75) is 13.5 Å². The highest BCUT2D eigenvalue weighted by Crippen LogP contribution is 2.24. The van der Waals surface area contributed by atoms with Crippen LogP contribution in [0.5, 0.6) is 0 Å². The van der Waals surface area contributed by atoms with Crippen LogP contribution in [-0.2, 0) is 6.54 Å². The maximum Gasteiger partial charge on any atom is 0.287 e. The van der Waals surface area contributed by atoms with E-state index >= 15 is 0 Å². The number of amides is 1. The minimum Gasteiger partial charge on any atom is -0.459 e. The van der Waals surface area contributed by atoms with E-state index in [0.717, 1.165) is 21.8 Å². The summed E-state index contributed by atoms with van der Waals surface area (Å²) in [6, 6.07) is 11.0. The zero-order valence-corrected chi connectivity index (χ0v) is 14.6. The Bertz CT molecular complexity index is 1020. The Morgan fingerprint density at radius 2 is 1.96 bits per heavy atom. The van der Waals surface area contributed by atoms with Gasteiger partial charge in [0.1, 0.15) is 0 Å². The van der Waals surface area contributed by atoms with Crippen molar-refractivity contribution in [2.24, 2.45) is 0 Å². The molecular formula is C18H14N4O3S. The van der Waals surface area contributed by atoms with Crippen LogP contribution in [0.2, 0.25) is 0 Å². The molecule has 0 atom stereocenters. The van der Waals surface area contributed by atoms with E-state index in [1.165, 1.54) is 6.26 Å². The summed E-state index contributed by atoms with van der Waals surface area (Å²) in [5.74, 6) is 0.683. The van der Waals surface area contributed by atoms with Crippen LogP contribution in [0.25, 0.3) is 22.6 Å². The molecule has 0 unspecified atom stereocenters. The van der Waals surface area contributed by atoms with Gasteiger partial charge >= 0.3 is 0 Å². The lowest BCUT2D eigenvalue weighted by Gasteiger charge is -1.99. The fourth-order valence-corrected chi connectivity index (χ4v) is 3.00. The van der Waals surface area contributed by atoms with Gasteiger partial charge in [0, 0.05) is 16.5 Å². The van der Waals surface area contributed by atoms with Crippen molar-refractivity contribution in [3.8, 4) is 22.6 Å². The van der Waals surface area contributed by atoms with Crippen LogP contribution in [0.1, 0.15) is 21.5 Å². The summed E-state index contributed by atoms with van der Waals surface area (Å²) in [6.07, 6.45) is 1.44. The van der Waals surface area contributed by atoms with Crippen LogP contribution in [0, 0.1) is 6.92 Å². The van der Waals surface area contributed by atoms with E-state index in [2.05, 4.69) is 20.4 Å². The second-order valence-electron chi connectivity index (χ2n) is 5.50. The molecule has 4 rings (SSSR count). The Morgan fingerprint density at radius 3 is 2.65 bits per heavy atom. The van der Waals surface area contributed by atoms with E-state index in [1.807, 2.05) is 36.6 Å². The number of hydrogen-bond acceptors (Lipinski definition) is 7. The minimum atomic E-state index is -0.336. The first kappa shape index (κ1) is 16.2. The number of aromatic nitrogens is 3. The average molecular weight is 366 g/mol. The highest BCUT2D eigenvalue weighted by Gasteiger charge is 2.12. The lowest BCUT2D eigenvalue weighted by molar-refractivity contribution is 0.0918. The zero-order valence-electron chi connectivity index (χ0n) is 13.8. The van der Waals surface area contributed by atoms with Gasteiger partial charge in [0.15, 0.2) is 5.76 Å². The van der Waals surface area contributed by atoms with Gasteiger partial charge in [-0.25, -0.2) is 4.98 Å². The molecule has 0 radical (unpaired) electrons.